The molecule has 2 aromatic carbocycles. The molecule has 0 aliphatic carbocycles. The average Bonchev–Trinajstić information content (AvgIpc) is 3.16. The molecule has 3 rings (SSSR count). The molecule has 0 unspecified atom stereocenters. The van der Waals surface area contributed by atoms with Gasteiger partial charge in [0.05, 0.1) is 11.4 Å². The largest absolute Gasteiger partial charge is 0.347 e. The maximum atomic E-state index is 12.4. The number of hydrogen-bond acceptors (Lipinski definition) is 4. The maximum absolute atomic E-state index is 12.4. The molecule has 31 heavy (non-hydrogen) atoms. The first-order chi connectivity index (χ1) is 14.6. The predicted octanol–water partition coefficient (Wildman–Crippen LogP) is 4.75. The molecule has 2 amide bonds. The van der Waals surface area contributed by atoms with Crippen molar-refractivity contribution in [3.63, 3.8) is 0 Å². The van der Waals surface area contributed by atoms with Crippen LogP contribution in [0.2, 0.25) is 0 Å². The average molecular weight is 437 g/mol. The second-order valence-electron chi connectivity index (χ2n) is 8.42. The number of aryl methyl sites for hydroxylation is 1. The van der Waals surface area contributed by atoms with Gasteiger partial charge in [-0.15, -0.1) is 0 Å². The van der Waals surface area contributed by atoms with Crippen molar-refractivity contribution in [3.8, 4) is 5.69 Å². The van der Waals surface area contributed by atoms with Crippen molar-refractivity contribution >= 4 is 29.3 Å². The molecule has 2 N–H and O–H groups in total. The standard InChI is InChI=1S/C24H28N4O2S/c1-16-7-6-8-20(17(16)2)28-14-13-25-23(28)31-15-21(29)26-19-11-9-18(10-12-19)22(30)27-24(3,4)5/h6-14H,15H2,1-5H3,(H,26,29)(H,27,30). The summed E-state index contributed by atoms with van der Waals surface area (Å²) >= 11 is 1.38. The maximum Gasteiger partial charge on any atom is 0.251 e. The van der Waals surface area contributed by atoms with Gasteiger partial charge in [-0.2, -0.15) is 0 Å². The summed E-state index contributed by atoms with van der Waals surface area (Å²) in [6, 6.07) is 13.0. The summed E-state index contributed by atoms with van der Waals surface area (Å²) in [6.07, 6.45) is 3.65. The Bertz CT molecular complexity index is 1080. The van der Waals surface area contributed by atoms with E-state index < -0.39 is 0 Å². The highest BCUT2D eigenvalue weighted by Crippen LogP contribution is 2.24. The third-order valence-electron chi connectivity index (χ3n) is 4.69. The van der Waals surface area contributed by atoms with Crippen molar-refractivity contribution < 1.29 is 9.59 Å². The van der Waals surface area contributed by atoms with E-state index in [0.717, 1.165) is 10.8 Å². The van der Waals surface area contributed by atoms with Crippen LogP contribution >= 0.6 is 11.8 Å². The van der Waals surface area contributed by atoms with E-state index in [4.69, 9.17) is 0 Å². The number of hydrogen-bond donors (Lipinski definition) is 2. The first kappa shape index (κ1) is 22.6. The van der Waals surface area contributed by atoms with Crippen LogP contribution in [-0.2, 0) is 4.79 Å². The molecule has 1 aromatic heterocycles. The fourth-order valence-electron chi connectivity index (χ4n) is 3.02. The van der Waals surface area contributed by atoms with Gasteiger partial charge in [0.2, 0.25) is 5.91 Å². The van der Waals surface area contributed by atoms with Gasteiger partial charge in [0, 0.05) is 29.2 Å². The van der Waals surface area contributed by atoms with Crippen LogP contribution in [0.3, 0.4) is 0 Å². The lowest BCUT2D eigenvalue weighted by molar-refractivity contribution is -0.113. The number of carbonyl (C=O) groups is 2. The Morgan fingerprint density at radius 3 is 2.45 bits per heavy atom. The fourth-order valence-corrected chi connectivity index (χ4v) is 3.79. The third kappa shape index (κ3) is 5.98. The van der Waals surface area contributed by atoms with E-state index in [0.29, 0.717) is 11.3 Å². The number of rotatable bonds is 6. The summed E-state index contributed by atoms with van der Waals surface area (Å²) in [7, 11) is 0. The Hall–Kier alpha value is -3.06. The smallest absolute Gasteiger partial charge is 0.251 e. The third-order valence-corrected chi connectivity index (χ3v) is 5.66. The molecule has 0 aliphatic rings. The van der Waals surface area contributed by atoms with Crippen LogP contribution in [0.5, 0.6) is 0 Å². The van der Waals surface area contributed by atoms with E-state index in [2.05, 4.69) is 35.5 Å². The topological polar surface area (TPSA) is 76.0 Å². The molecule has 0 atom stereocenters. The molecule has 7 heteroatoms. The number of nitrogens with zero attached hydrogens (tertiary/aromatic N) is 2. The van der Waals surface area contributed by atoms with Crippen molar-refractivity contribution in [2.45, 2.75) is 45.3 Å². The zero-order valence-corrected chi connectivity index (χ0v) is 19.3. The molecule has 3 aromatic rings. The molecule has 0 fully saturated rings. The quantitative estimate of drug-likeness (QED) is 0.547. The Labute approximate surface area is 187 Å². The summed E-state index contributed by atoms with van der Waals surface area (Å²) in [4.78, 5) is 29.0. The summed E-state index contributed by atoms with van der Waals surface area (Å²) in [5, 5.41) is 6.55. The van der Waals surface area contributed by atoms with Gasteiger partial charge in [0.25, 0.3) is 5.91 Å². The lowest BCUT2D eigenvalue weighted by Crippen LogP contribution is -2.40. The molecular weight excluding hydrogens is 408 g/mol. The van der Waals surface area contributed by atoms with E-state index >= 15 is 0 Å². The number of anilines is 1. The van der Waals surface area contributed by atoms with Gasteiger partial charge < -0.3 is 10.6 Å². The van der Waals surface area contributed by atoms with E-state index in [1.54, 1.807) is 30.5 Å². The second-order valence-corrected chi connectivity index (χ2v) is 9.36. The van der Waals surface area contributed by atoms with Crippen molar-refractivity contribution in [1.82, 2.24) is 14.9 Å². The van der Waals surface area contributed by atoms with Crippen molar-refractivity contribution in [2.24, 2.45) is 0 Å². The fraction of sp³-hybridized carbons (Fsp3) is 0.292. The lowest BCUT2D eigenvalue weighted by Gasteiger charge is -2.20. The van der Waals surface area contributed by atoms with Gasteiger partial charge in [-0.05, 0) is 76.1 Å². The molecule has 0 spiro atoms. The molecule has 0 saturated carbocycles. The van der Waals surface area contributed by atoms with E-state index in [1.165, 1.54) is 22.9 Å². The Morgan fingerprint density at radius 1 is 1.06 bits per heavy atom. The molecule has 0 aliphatic heterocycles. The van der Waals surface area contributed by atoms with Crippen LogP contribution < -0.4 is 10.6 Å². The SMILES string of the molecule is Cc1cccc(-n2ccnc2SCC(=O)Nc2ccc(C(=O)NC(C)(C)C)cc2)c1C. The number of thioether (sulfide) groups is 1. The highest BCUT2D eigenvalue weighted by molar-refractivity contribution is 7.99. The van der Waals surface area contributed by atoms with E-state index in [-0.39, 0.29) is 23.1 Å². The Kier molecular flexibility index (Phi) is 6.85. The zero-order valence-electron chi connectivity index (χ0n) is 18.5. The minimum absolute atomic E-state index is 0.132. The molecule has 1 heterocycles. The van der Waals surface area contributed by atoms with E-state index in [1.807, 2.05) is 43.7 Å². The summed E-state index contributed by atoms with van der Waals surface area (Å²) in [5.41, 5.74) is 4.35. The van der Waals surface area contributed by atoms with Gasteiger partial charge in [-0.25, -0.2) is 4.98 Å². The van der Waals surface area contributed by atoms with Crippen LogP contribution in [0.1, 0.15) is 42.3 Å². The lowest BCUT2D eigenvalue weighted by atomic mass is 10.1. The summed E-state index contributed by atoms with van der Waals surface area (Å²) in [6.45, 7) is 9.96. The van der Waals surface area contributed by atoms with Gasteiger partial charge in [-0.1, -0.05) is 23.9 Å². The summed E-state index contributed by atoms with van der Waals surface area (Å²) in [5.74, 6) is -0.0414. The van der Waals surface area contributed by atoms with Crippen LogP contribution in [-0.4, -0.2) is 32.7 Å². The van der Waals surface area contributed by atoms with Gasteiger partial charge in [0.15, 0.2) is 5.16 Å². The Morgan fingerprint density at radius 2 is 1.77 bits per heavy atom. The number of amides is 2. The van der Waals surface area contributed by atoms with Gasteiger partial charge in [-0.3, -0.25) is 14.2 Å². The number of nitrogens with one attached hydrogen (secondary N) is 2. The zero-order chi connectivity index (χ0) is 22.6. The van der Waals surface area contributed by atoms with Crippen LogP contribution in [0.4, 0.5) is 5.69 Å². The highest BCUT2D eigenvalue weighted by atomic mass is 32.2. The van der Waals surface area contributed by atoms with Gasteiger partial charge >= 0.3 is 0 Å². The van der Waals surface area contributed by atoms with Crippen LogP contribution in [0.25, 0.3) is 5.69 Å². The first-order valence-electron chi connectivity index (χ1n) is 10.1. The summed E-state index contributed by atoms with van der Waals surface area (Å²) < 4.78 is 2.00. The molecular formula is C24H28N4O2S. The molecule has 0 radical (unpaired) electrons. The normalized spacial score (nSPS) is 11.3. The minimum Gasteiger partial charge on any atom is -0.347 e. The number of carbonyl (C=O) groups excluding carboxylic acids is 2. The first-order valence-corrected chi connectivity index (χ1v) is 11.1. The molecule has 0 saturated heterocycles. The monoisotopic (exact) mass is 436 g/mol. The van der Waals surface area contributed by atoms with Crippen LogP contribution in [0.15, 0.2) is 60.0 Å². The highest BCUT2D eigenvalue weighted by Gasteiger charge is 2.15. The van der Waals surface area contributed by atoms with Gasteiger partial charge in [0.1, 0.15) is 0 Å². The number of imidazole rings is 1. The molecule has 162 valence electrons. The van der Waals surface area contributed by atoms with E-state index in [9.17, 15) is 9.59 Å². The minimum atomic E-state index is -0.302. The predicted molar refractivity (Wildman–Crippen MR) is 126 cm³/mol. The second kappa shape index (κ2) is 9.39. The van der Waals surface area contributed by atoms with Crippen molar-refractivity contribution in [1.29, 1.82) is 0 Å². The van der Waals surface area contributed by atoms with Crippen molar-refractivity contribution in [3.05, 3.63) is 71.5 Å². The van der Waals surface area contributed by atoms with Crippen LogP contribution in [0, 0.1) is 13.8 Å². The number of aromatic nitrogens is 2. The molecule has 6 nitrogen and oxygen atoms in total. The number of benzene rings is 2. The Balaban J connectivity index is 1.60. The molecule has 0 bridgehead atoms. The van der Waals surface area contributed by atoms with Crippen molar-refractivity contribution in [2.75, 3.05) is 11.1 Å².